The first kappa shape index (κ1) is 14.0. The van der Waals surface area contributed by atoms with Crippen LogP contribution in [0.3, 0.4) is 0 Å². The molecule has 84 valence electrons. The minimum absolute atomic E-state index is 1.19. The quantitative estimate of drug-likeness (QED) is 0.412. The van der Waals surface area contributed by atoms with Crippen LogP contribution in [0.15, 0.2) is 47.6 Å². The SMILES string of the molecule is CCCC/C=C/C=C/C=C/C(C)=C(C)C. The molecule has 0 aliphatic heterocycles. The van der Waals surface area contributed by atoms with Gasteiger partial charge in [0.25, 0.3) is 0 Å². The van der Waals surface area contributed by atoms with Gasteiger partial charge in [-0.3, -0.25) is 0 Å². The van der Waals surface area contributed by atoms with E-state index in [9.17, 15) is 0 Å². The van der Waals surface area contributed by atoms with Crippen LogP contribution >= 0.6 is 0 Å². The van der Waals surface area contributed by atoms with Crippen molar-refractivity contribution in [1.29, 1.82) is 0 Å². The fraction of sp³-hybridized carbons (Fsp3) is 0.467. The molecule has 0 fully saturated rings. The van der Waals surface area contributed by atoms with Crippen LogP contribution in [-0.4, -0.2) is 0 Å². The first-order valence-corrected chi connectivity index (χ1v) is 5.82. The molecule has 15 heavy (non-hydrogen) atoms. The van der Waals surface area contributed by atoms with Crippen molar-refractivity contribution in [2.75, 3.05) is 0 Å². The van der Waals surface area contributed by atoms with E-state index < -0.39 is 0 Å². The second kappa shape index (κ2) is 9.51. The molecule has 0 aliphatic rings. The van der Waals surface area contributed by atoms with Gasteiger partial charge in [-0.05, 0) is 27.2 Å². The first-order valence-electron chi connectivity index (χ1n) is 5.82. The van der Waals surface area contributed by atoms with Gasteiger partial charge in [-0.15, -0.1) is 0 Å². The Labute approximate surface area is 95.1 Å². The molecule has 0 aromatic rings. The number of allylic oxidation sites excluding steroid dienone is 8. The Morgan fingerprint density at radius 3 is 2.20 bits per heavy atom. The van der Waals surface area contributed by atoms with Gasteiger partial charge in [0, 0.05) is 0 Å². The summed E-state index contributed by atoms with van der Waals surface area (Å²) >= 11 is 0. The average Bonchev–Trinajstić information content (AvgIpc) is 2.21. The number of hydrogen-bond acceptors (Lipinski definition) is 0. The zero-order valence-corrected chi connectivity index (χ0v) is 10.6. The predicted octanol–water partition coefficient (Wildman–Crippen LogP) is 5.20. The first-order chi connectivity index (χ1) is 7.18. The maximum Gasteiger partial charge on any atom is -0.0348 e. The Bertz CT molecular complexity index is 258. The lowest BCUT2D eigenvalue weighted by Gasteiger charge is -1.92. The highest BCUT2D eigenvalue weighted by atomic mass is 13.9. The normalized spacial score (nSPS) is 12.0. The molecule has 0 aromatic carbocycles. The summed E-state index contributed by atoms with van der Waals surface area (Å²) in [6.45, 7) is 8.62. The highest BCUT2D eigenvalue weighted by Crippen LogP contribution is 2.02. The van der Waals surface area contributed by atoms with E-state index in [4.69, 9.17) is 0 Å². The van der Waals surface area contributed by atoms with Crippen molar-refractivity contribution in [2.24, 2.45) is 0 Å². The van der Waals surface area contributed by atoms with E-state index in [1.165, 1.54) is 30.4 Å². The van der Waals surface area contributed by atoms with Crippen molar-refractivity contribution in [3.8, 4) is 0 Å². The molecule has 0 atom stereocenters. The Morgan fingerprint density at radius 1 is 0.933 bits per heavy atom. The third kappa shape index (κ3) is 9.27. The summed E-state index contributed by atoms with van der Waals surface area (Å²) in [6.07, 6.45) is 16.5. The lowest BCUT2D eigenvalue weighted by atomic mass is 10.1. The summed E-state index contributed by atoms with van der Waals surface area (Å²) in [5.41, 5.74) is 2.72. The maximum atomic E-state index is 2.22. The van der Waals surface area contributed by atoms with E-state index in [1.54, 1.807) is 0 Å². The van der Waals surface area contributed by atoms with E-state index in [1.807, 2.05) is 0 Å². The molecule has 0 heteroatoms. The van der Waals surface area contributed by atoms with Crippen LogP contribution in [-0.2, 0) is 0 Å². The summed E-state index contributed by atoms with van der Waals surface area (Å²) in [4.78, 5) is 0. The van der Waals surface area contributed by atoms with Crippen molar-refractivity contribution >= 4 is 0 Å². The summed E-state index contributed by atoms with van der Waals surface area (Å²) in [5.74, 6) is 0. The zero-order valence-electron chi connectivity index (χ0n) is 10.6. The monoisotopic (exact) mass is 204 g/mol. The molecule has 0 nitrogen and oxygen atoms in total. The molecule has 0 N–H and O–H groups in total. The van der Waals surface area contributed by atoms with Crippen molar-refractivity contribution in [1.82, 2.24) is 0 Å². The summed E-state index contributed by atoms with van der Waals surface area (Å²) in [6, 6.07) is 0. The minimum Gasteiger partial charge on any atom is -0.0845 e. The van der Waals surface area contributed by atoms with E-state index in [0.717, 1.165) is 0 Å². The van der Waals surface area contributed by atoms with Crippen molar-refractivity contribution in [3.63, 3.8) is 0 Å². The Kier molecular flexibility index (Phi) is 8.85. The van der Waals surface area contributed by atoms with Crippen molar-refractivity contribution < 1.29 is 0 Å². The predicted molar refractivity (Wildman–Crippen MR) is 71.0 cm³/mol. The largest absolute Gasteiger partial charge is 0.0845 e. The average molecular weight is 204 g/mol. The fourth-order valence-electron chi connectivity index (χ4n) is 0.992. The highest BCUT2D eigenvalue weighted by molar-refractivity contribution is 5.24. The molecule has 0 saturated heterocycles. The summed E-state index contributed by atoms with van der Waals surface area (Å²) in [5, 5.41) is 0. The molecule has 0 amide bonds. The molecule has 0 rings (SSSR count). The van der Waals surface area contributed by atoms with Crippen LogP contribution in [0.4, 0.5) is 0 Å². The minimum atomic E-state index is 1.19. The molecule has 0 heterocycles. The molecule has 0 spiro atoms. The molecular weight excluding hydrogens is 180 g/mol. The lowest BCUT2D eigenvalue weighted by molar-refractivity contribution is 0.815. The van der Waals surface area contributed by atoms with E-state index in [2.05, 4.69) is 64.2 Å². The third-order valence-corrected chi connectivity index (χ3v) is 2.33. The summed E-state index contributed by atoms with van der Waals surface area (Å²) in [7, 11) is 0. The van der Waals surface area contributed by atoms with Gasteiger partial charge in [0.05, 0.1) is 0 Å². The van der Waals surface area contributed by atoms with Gasteiger partial charge in [-0.1, -0.05) is 67.4 Å². The van der Waals surface area contributed by atoms with Crippen molar-refractivity contribution in [2.45, 2.75) is 47.0 Å². The van der Waals surface area contributed by atoms with Gasteiger partial charge in [0.2, 0.25) is 0 Å². The van der Waals surface area contributed by atoms with Gasteiger partial charge in [-0.2, -0.15) is 0 Å². The number of unbranched alkanes of at least 4 members (excludes halogenated alkanes) is 2. The number of hydrogen-bond donors (Lipinski definition) is 0. The molecule has 0 unspecified atom stereocenters. The topological polar surface area (TPSA) is 0 Å². The van der Waals surface area contributed by atoms with Gasteiger partial charge in [-0.25, -0.2) is 0 Å². The second-order valence-electron chi connectivity index (χ2n) is 4.00. The standard InChI is InChI=1S/C15H24/c1-5-6-7-8-9-10-11-12-13-15(4)14(2)3/h8-13H,5-7H2,1-4H3/b9-8+,11-10+,13-12+. The second-order valence-corrected chi connectivity index (χ2v) is 4.00. The Balaban J connectivity index is 3.81. The van der Waals surface area contributed by atoms with Crippen molar-refractivity contribution in [3.05, 3.63) is 47.6 Å². The smallest absolute Gasteiger partial charge is 0.0348 e. The molecule has 0 radical (unpaired) electrons. The van der Waals surface area contributed by atoms with Gasteiger partial charge >= 0.3 is 0 Å². The van der Waals surface area contributed by atoms with Gasteiger partial charge in [0.1, 0.15) is 0 Å². The third-order valence-electron chi connectivity index (χ3n) is 2.33. The van der Waals surface area contributed by atoms with Crippen LogP contribution in [0, 0.1) is 0 Å². The van der Waals surface area contributed by atoms with Crippen LogP contribution < -0.4 is 0 Å². The molecule has 0 bridgehead atoms. The maximum absolute atomic E-state index is 2.22. The van der Waals surface area contributed by atoms with Crippen LogP contribution in [0.1, 0.15) is 47.0 Å². The van der Waals surface area contributed by atoms with E-state index in [0.29, 0.717) is 0 Å². The fourth-order valence-corrected chi connectivity index (χ4v) is 0.992. The molecule has 0 aromatic heterocycles. The Hall–Kier alpha value is -1.04. The Morgan fingerprint density at radius 2 is 1.60 bits per heavy atom. The van der Waals surface area contributed by atoms with E-state index >= 15 is 0 Å². The van der Waals surface area contributed by atoms with Crippen LogP contribution in [0.25, 0.3) is 0 Å². The van der Waals surface area contributed by atoms with Gasteiger partial charge < -0.3 is 0 Å². The van der Waals surface area contributed by atoms with Crippen LogP contribution in [0.2, 0.25) is 0 Å². The summed E-state index contributed by atoms with van der Waals surface area (Å²) < 4.78 is 0. The zero-order chi connectivity index (χ0) is 11.5. The number of rotatable bonds is 6. The van der Waals surface area contributed by atoms with Gasteiger partial charge in [0.15, 0.2) is 0 Å². The van der Waals surface area contributed by atoms with E-state index in [-0.39, 0.29) is 0 Å². The molecular formula is C15H24. The molecule has 0 saturated carbocycles. The molecule has 0 aliphatic carbocycles. The lowest BCUT2D eigenvalue weighted by Crippen LogP contribution is -1.71. The highest BCUT2D eigenvalue weighted by Gasteiger charge is 1.82. The van der Waals surface area contributed by atoms with Crippen LogP contribution in [0.5, 0.6) is 0 Å².